The van der Waals surface area contributed by atoms with Gasteiger partial charge in [-0.05, 0) is 75.1 Å². The summed E-state index contributed by atoms with van der Waals surface area (Å²) in [5.41, 5.74) is 10.0. The lowest BCUT2D eigenvalue weighted by Crippen LogP contribution is -2.00. The summed E-state index contributed by atoms with van der Waals surface area (Å²) >= 11 is 0. The van der Waals surface area contributed by atoms with Gasteiger partial charge in [0, 0.05) is 49.0 Å². The molecule has 0 unspecified atom stereocenters. The smallest absolute Gasteiger partial charge is 0.164 e. The second-order valence-electron chi connectivity index (χ2n) is 15.9. The molecule has 5 nitrogen and oxygen atoms in total. The summed E-state index contributed by atoms with van der Waals surface area (Å²) in [6.07, 6.45) is 0. The van der Waals surface area contributed by atoms with Crippen molar-refractivity contribution in [2.45, 2.75) is 0 Å². The number of nitrogens with zero attached hydrogens (tertiary/aromatic N) is 4. The van der Waals surface area contributed by atoms with Crippen LogP contribution < -0.4 is 0 Å². The number of hydrogen-bond donors (Lipinski definition) is 0. The fourth-order valence-corrected chi connectivity index (χ4v) is 9.56. The minimum atomic E-state index is 0.584. The van der Waals surface area contributed by atoms with E-state index in [-0.39, 0.29) is 0 Å². The Bertz CT molecular complexity index is 3920. The lowest BCUT2D eigenvalue weighted by Gasteiger charge is -2.14. The van der Waals surface area contributed by atoms with Crippen LogP contribution in [0.1, 0.15) is 0 Å². The standard InChI is InChI=1S/C57H34N4O/c1-3-14-35(15-4-1)38-21-11-22-41(32-38)56-58-55(37-17-5-2-6-18-37)59-57(60-56)46-25-13-27-50-53(46)52-44-24-12-26-48(43(44)30-31-51(52)62-50)61-49-34-40-20-8-7-19-39(40)33-47(49)45-29-28-36-16-9-10-23-42(36)54(45)61/h1-34H. The molecule has 0 atom stereocenters. The zero-order valence-corrected chi connectivity index (χ0v) is 33.3. The van der Waals surface area contributed by atoms with E-state index in [9.17, 15) is 0 Å². The molecule has 10 aromatic carbocycles. The molecule has 0 amide bonds. The van der Waals surface area contributed by atoms with Crippen LogP contribution in [0, 0.1) is 0 Å². The first-order valence-corrected chi connectivity index (χ1v) is 20.9. The molecule has 0 saturated heterocycles. The largest absolute Gasteiger partial charge is 0.456 e. The number of benzene rings is 10. The maximum absolute atomic E-state index is 6.72. The van der Waals surface area contributed by atoms with E-state index in [0.717, 1.165) is 66.2 Å². The number of aromatic nitrogens is 4. The van der Waals surface area contributed by atoms with Crippen LogP contribution in [0.15, 0.2) is 211 Å². The number of furan rings is 1. The summed E-state index contributed by atoms with van der Waals surface area (Å²) in [4.78, 5) is 15.6. The highest BCUT2D eigenvalue weighted by Gasteiger charge is 2.22. The molecule has 3 aromatic heterocycles. The van der Waals surface area contributed by atoms with Crippen LogP contribution in [0.2, 0.25) is 0 Å². The van der Waals surface area contributed by atoms with Crippen molar-refractivity contribution in [1.82, 2.24) is 19.5 Å². The predicted molar refractivity (Wildman–Crippen MR) is 256 cm³/mol. The van der Waals surface area contributed by atoms with E-state index in [0.29, 0.717) is 17.5 Å². The molecule has 13 rings (SSSR count). The Morgan fingerprint density at radius 1 is 0.339 bits per heavy atom. The normalized spacial score (nSPS) is 11.9. The molecule has 0 saturated carbocycles. The van der Waals surface area contributed by atoms with Crippen molar-refractivity contribution in [3.05, 3.63) is 206 Å². The molecule has 0 fully saturated rings. The van der Waals surface area contributed by atoms with Crippen molar-refractivity contribution in [2.75, 3.05) is 0 Å². The highest BCUT2D eigenvalue weighted by molar-refractivity contribution is 6.25. The minimum Gasteiger partial charge on any atom is -0.456 e. The molecular weight excluding hydrogens is 757 g/mol. The monoisotopic (exact) mass is 790 g/mol. The lowest BCUT2D eigenvalue weighted by molar-refractivity contribution is 0.669. The summed E-state index contributed by atoms with van der Waals surface area (Å²) in [5.74, 6) is 1.80. The van der Waals surface area contributed by atoms with E-state index in [4.69, 9.17) is 19.4 Å². The average molecular weight is 791 g/mol. The van der Waals surface area contributed by atoms with Gasteiger partial charge < -0.3 is 8.98 Å². The summed E-state index contributed by atoms with van der Waals surface area (Å²) < 4.78 is 9.19. The first-order valence-electron chi connectivity index (χ1n) is 20.9. The van der Waals surface area contributed by atoms with E-state index in [1.807, 2.05) is 48.5 Å². The molecule has 13 aromatic rings. The van der Waals surface area contributed by atoms with Crippen molar-refractivity contribution in [3.8, 4) is 51.0 Å². The average Bonchev–Trinajstić information content (AvgIpc) is 3.89. The third-order valence-corrected chi connectivity index (χ3v) is 12.4. The van der Waals surface area contributed by atoms with Gasteiger partial charge in [0.1, 0.15) is 11.2 Å². The van der Waals surface area contributed by atoms with Crippen molar-refractivity contribution >= 4 is 76.1 Å². The molecule has 62 heavy (non-hydrogen) atoms. The van der Waals surface area contributed by atoms with E-state index in [1.165, 1.54) is 43.4 Å². The minimum absolute atomic E-state index is 0.584. The van der Waals surface area contributed by atoms with Gasteiger partial charge >= 0.3 is 0 Å². The van der Waals surface area contributed by atoms with Crippen LogP contribution in [0.3, 0.4) is 0 Å². The number of fused-ring (bicyclic) bond motifs is 11. The van der Waals surface area contributed by atoms with Crippen molar-refractivity contribution in [2.24, 2.45) is 0 Å². The SMILES string of the molecule is c1ccc(-c2cccc(-c3nc(-c4ccccc4)nc(-c4cccc5oc6ccc7c(-n8c9cc%10ccccc%10cc9c9ccc%10ccccc%10c98)cccc7c6c45)n3)c2)cc1. The molecule has 0 aliphatic carbocycles. The first-order chi connectivity index (χ1) is 30.7. The second-order valence-corrected chi connectivity index (χ2v) is 15.9. The van der Waals surface area contributed by atoms with Gasteiger partial charge in [-0.15, -0.1) is 0 Å². The summed E-state index contributed by atoms with van der Waals surface area (Å²) in [6.45, 7) is 0. The van der Waals surface area contributed by atoms with Gasteiger partial charge in [0.2, 0.25) is 0 Å². The predicted octanol–water partition coefficient (Wildman–Crippen LogP) is 15.0. The van der Waals surface area contributed by atoms with Crippen LogP contribution in [-0.4, -0.2) is 19.5 Å². The quantitative estimate of drug-likeness (QED) is 0.174. The van der Waals surface area contributed by atoms with Gasteiger partial charge in [-0.2, -0.15) is 0 Å². The molecule has 0 N–H and O–H groups in total. The maximum Gasteiger partial charge on any atom is 0.164 e. The van der Waals surface area contributed by atoms with Gasteiger partial charge in [-0.25, -0.2) is 15.0 Å². The molecular formula is C57H34N4O. The third kappa shape index (κ3) is 5.32. The Hall–Kier alpha value is -8.41. The number of hydrogen-bond acceptors (Lipinski definition) is 4. The molecule has 0 radical (unpaired) electrons. The van der Waals surface area contributed by atoms with E-state index < -0.39 is 0 Å². The second kappa shape index (κ2) is 13.6. The maximum atomic E-state index is 6.72. The lowest BCUT2D eigenvalue weighted by atomic mass is 9.99. The van der Waals surface area contributed by atoms with Crippen molar-refractivity contribution in [1.29, 1.82) is 0 Å². The van der Waals surface area contributed by atoms with Crippen LogP contribution in [0.5, 0.6) is 0 Å². The summed E-state index contributed by atoms with van der Waals surface area (Å²) in [6, 6.07) is 72.7. The third-order valence-electron chi connectivity index (χ3n) is 12.4. The van der Waals surface area contributed by atoms with Gasteiger partial charge in [0.05, 0.1) is 16.7 Å². The topological polar surface area (TPSA) is 56.7 Å². The van der Waals surface area contributed by atoms with E-state index >= 15 is 0 Å². The zero-order valence-electron chi connectivity index (χ0n) is 33.3. The highest BCUT2D eigenvalue weighted by Crippen LogP contribution is 2.44. The Morgan fingerprint density at radius 3 is 1.79 bits per heavy atom. The first kappa shape index (κ1) is 34.5. The molecule has 3 heterocycles. The molecule has 5 heteroatoms. The Kier molecular flexibility index (Phi) is 7.54. The Morgan fingerprint density at radius 2 is 0.952 bits per heavy atom. The number of rotatable bonds is 5. The Balaban J connectivity index is 1.08. The molecule has 0 aliphatic heterocycles. The van der Waals surface area contributed by atoms with Gasteiger partial charge in [-0.1, -0.05) is 164 Å². The Labute approximate surface area is 355 Å². The van der Waals surface area contributed by atoms with Crippen LogP contribution in [0.25, 0.3) is 127 Å². The fourth-order valence-electron chi connectivity index (χ4n) is 9.56. The molecule has 288 valence electrons. The van der Waals surface area contributed by atoms with Gasteiger partial charge in [0.25, 0.3) is 0 Å². The van der Waals surface area contributed by atoms with Crippen molar-refractivity contribution < 1.29 is 4.42 Å². The highest BCUT2D eigenvalue weighted by atomic mass is 16.3. The molecule has 0 aliphatic rings. The summed E-state index contributed by atoms with van der Waals surface area (Å²) in [7, 11) is 0. The van der Waals surface area contributed by atoms with E-state index in [1.54, 1.807) is 0 Å². The van der Waals surface area contributed by atoms with Gasteiger partial charge in [0.15, 0.2) is 17.5 Å². The van der Waals surface area contributed by atoms with Crippen LogP contribution >= 0.6 is 0 Å². The molecule has 0 spiro atoms. The zero-order chi connectivity index (χ0) is 40.7. The molecule has 0 bridgehead atoms. The van der Waals surface area contributed by atoms with Crippen molar-refractivity contribution in [3.63, 3.8) is 0 Å². The van der Waals surface area contributed by atoms with Crippen LogP contribution in [-0.2, 0) is 0 Å². The fraction of sp³-hybridized carbons (Fsp3) is 0. The summed E-state index contributed by atoms with van der Waals surface area (Å²) in [5, 5.41) is 11.5. The van der Waals surface area contributed by atoms with Crippen LogP contribution in [0.4, 0.5) is 0 Å². The van der Waals surface area contributed by atoms with Gasteiger partial charge in [-0.3, -0.25) is 0 Å². The van der Waals surface area contributed by atoms with E-state index in [2.05, 4.69) is 162 Å².